The molecule has 1 heterocycles. The molecule has 98 valence electrons. The van der Waals surface area contributed by atoms with Crippen LogP contribution < -0.4 is 5.32 Å². The van der Waals surface area contributed by atoms with Crippen LogP contribution in [0, 0.1) is 0 Å². The summed E-state index contributed by atoms with van der Waals surface area (Å²) in [5.74, 6) is -0.976. The maximum Gasteiger partial charge on any atom is 0.305 e. The number of fused-ring (bicyclic) bond motifs is 1. The van der Waals surface area contributed by atoms with Gasteiger partial charge in [-0.15, -0.1) is 0 Å². The van der Waals surface area contributed by atoms with Crippen molar-refractivity contribution in [3.8, 4) is 0 Å². The third-order valence-electron chi connectivity index (χ3n) is 3.47. The largest absolute Gasteiger partial charge is 0.481 e. The van der Waals surface area contributed by atoms with E-state index < -0.39 is 21.3 Å². The van der Waals surface area contributed by atoms with E-state index in [1.54, 1.807) is 25.2 Å². The predicted octanol–water partition coefficient (Wildman–Crippen LogP) is 0.753. The van der Waals surface area contributed by atoms with Gasteiger partial charge < -0.3 is 10.4 Å². The first-order valence-electron chi connectivity index (χ1n) is 5.64. The van der Waals surface area contributed by atoms with Crippen LogP contribution in [-0.2, 0) is 20.2 Å². The van der Waals surface area contributed by atoms with Gasteiger partial charge in [0.1, 0.15) is 0 Å². The lowest BCUT2D eigenvalue weighted by Crippen LogP contribution is -2.47. The Bertz CT molecular complexity index is 581. The molecule has 6 heteroatoms. The Labute approximate surface area is 106 Å². The number of carboxylic acid groups (broad SMARTS) is 1. The minimum Gasteiger partial charge on any atom is -0.481 e. The molecule has 0 bridgehead atoms. The highest BCUT2D eigenvalue weighted by molar-refractivity contribution is 7.91. The summed E-state index contributed by atoms with van der Waals surface area (Å²) in [7, 11) is -1.63. The molecule has 0 amide bonds. The third kappa shape index (κ3) is 2.02. The fraction of sp³-hybridized carbons (Fsp3) is 0.417. The van der Waals surface area contributed by atoms with Crippen LogP contribution in [0.4, 0.5) is 0 Å². The number of carbonyl (C=O) groups is 1. The zero-order valence-electron chi connectivity index (χ0n) is 10.0. The Morgan fingerprint density at radius 3 is 2.72 bits per heavy atom. The summed E-state index contributed by atoms with van der Waals surface area (Å²) in [6.07, 6.45) is 0.144. The van der Waals surface area contributed by atoms with Gasteiger partial charge >= 0.3 is 5.97 Å². The van der Waals surface area contributed by atoms with E-state index in [2.05, 4.69) is 5.32 Å². The van der Waals surface area contributed by atoms with E-state index in [1.807, 2.05) is 0 Å². The topological polar surface area (TPSA) is 83.5 Å². The summed E-state index contributed by atoms with van der Waals surface area (Å²) in [5, 5.41) is 12.0. The summed E-state index contributed by atoms with van der Waals surface area (Å²) in [5.41, 5.74) is -0.241. The van der Waals surface area contributed by atoms with Crippen molar-refractivity contribution in [3.63, 3.8) is 0 Å². The molecule has 1 aromatic rings. The lowest BCUT2D eigenvalue weighted by Gasteiger charge is -2.37. The highest BCUT2D eigenvalue weighted by Gasteiger charge is 2.42. The van der Waals surface area contributed by atoms with E-state index >= 15 is 0 Å². The third-order valence-corrected chi connectivity index (χ3v) is 5.23. The average molecular weight is 269 g/mol. The number of benzene rings is 1. The van der Waals surface area contributed by atoms with Crippen molar-refractivity contribution in [1.29, 1.82) is 0 Å². The van der Waals surface area contributed by atoms with Gasteiger partial charge in [0.05, 0.1) is 22.6 Å². The molecule has 1 aromatic carbocycles. The molecule has 18 heavy (non-hydrogen) atoms. The van der Waals surface area contributed by atoms with Crippen molar-refractivity contribution in [2.75, 3.05) is 12.8 Å². The molecule has 0 aromatic heterocycles. The second kappa shape index (κ2) is 4.37. The second-order valence-electron chi connectivity index (χ2n) is 4.47. The van der Waals surface area contributed by atoms with Gasteiger partial charge in [0.15, 0.2) is 9.84 Å². The van der Waals surface area contributed by atoms with Gasteiger partial charge in [-0.1, -0.05) is 18.2 Å². The van der Waals surface area contributed by atoms with Crippen molar-refractivity contribution < 1.29 is 18.3 Å². The number of hydrogen-bond donors (Lipinski definition) is 2. The van der Waals surface area contributed by atoms with Gasteiger partial charge in [-0.05, 0) is 25.1 Å². The van der Waals surface area contributed by atoms with Crippen molar-refractivity contribution in [2.24, 2.45) is 0 Å². The monoisotopic (exact) mass is 269 g/mol. The standard InChI is InChI=1S/C12H15NO4S/c1-13-12(8-11(14)15)6-7-18(16,17)10-5-3-2-4-9(10)12/h2-5,13H,6-8H2,1H3,(H,14,15). The first-order chi connectivity index (χ1) is 8.41. The van der Waals surface area contributed by atoms with Gasteiger partial charge in [-0.25, -0.2) is 8.42 Å². The molecule has 1 aliphatic rings. The summed E-state index contributed by atoms with van der Waals surface area (Å²) < 4.78 is 24.0. The quantitative estimate of drug-likeness (QED) is 0.846. The SMILES string of the molecule is CNC1(CC(=O)O)CCS(=O)(=O)c2ccccc21. The van der Waals surface area contributed by atoms with Crippen molar-refractivity contribution >= 4 is 15.8 Å². The molecule has 0 fully saturated rings. The molecular weight excluding hydrogens is 254 g/mol. The molecule has 0 aliphatic carbocycles. The van der Waals surface area contributed by atoms with Gasteiger partial charge in [-0.2, -0.15) is 0 Å². The molecule has 0 spiro atoms. The van der Waals surface area contributed by atoms with E-state index in [0.29, 0.717) is 5.56 Å². The van der Waals surface area contributed by atoms with Crippen LogP contribution >= 0.6 is 0 Å². The Morgan fingerprint density at radius 1 is 1.44 bits per heavy atom. The minimum absolute atomic E-state index is 0.0296. The number of sulfone groups is 1. The van der Waals surface area contributed by atoms with Gasteiger partial charge in [0.25, 0.3) is 0 Å². The molecule has 2 N–H and O–H groups in total. The van der Waals surface area contributed by atoms with Crippen molar-refractivity contribution in [3.05, 3.63) is 29.8 Å². The molecule has 1 atom stereocenters. The van der Waals surface area contributed by atoms with E-state index in [-0.39, 0.29) is 23.5 Å². The minimum atomic E-state index is -3.29. The summed E-state index contributed by atoms with van der Waals surface area (Å²) in [4.78, 5) is 11.3. The second-order valence-corrected chi connectivity index (χ2v) is 6.55. The molecule has 2 rings (SSSR count). The van der Waals surface area contributed by atoms with E-state index in [4.69, 9.17) is 5.11 Å². The van der Waals surface area contributed by atoms with Crippen LogP contribution in [0.15, 0.2) is 29.2 Å². The summed E-state index contributed by atoms with van der Waals surface area (Å²) >= 11 is 0. The molecule has 5 nitrogen and oxygen atoms in total. The highest BCUT2D eigenvalue weighted by atomic mass is 32.2. The number of hydrogen-bond acceptors (Lipinski definition) is 4. The lowest BCUT2D eigenvalue weighted by molar-refractivity contribution is -0.139. The number of rotatable bonds is 3. The lowest BCUT2D eigenvalue weighted by atomic mass is 9.84. The van der Waals surface area contributed by atoms with E-state index in [1.165, 1.54) is 6.07 Å². The Balaban J connectivity index is 2.63. The van der Waals surface area contributed by atoms with Crippen LogP contribution in [0.3, 0.4) is 0 Å². The Hall–Kier alpha value is -1.40. The first kappa shape index (κ1) is 13.0. The van der Waals surface area contributed by atoms with Crippen LogP contribution in [0.5, 0.6) is 0 Å². The maximum absolute atomic E-state index is 12.0. The van der Waals surface area contributed by atoms with Gasteiger partial charge in [0, 0.05) is 0 Å². The van der Waals surface area contributed by atoms with E-state index in [0.717, 1.165) is 0 Å². The highest BCUT2D eigenvalue weighted by Crippen LogP contribution is 2.38. The van der Waals surface area contributed by atoms with Gasteiger partial charge in [0.2, 0.25) is 0 Å². The number of aliphatic carboxylic acids is 1. The molecule has 0 saturated heterocycles. The number of nitrogens with one attached hydrogen (secondary N) is 1. The van der Waals surface area contributed by atoms with Crippen molar-refractivity contribution in [2.45, 2.75) is 23.3 Å². The van der Waals surface area contributed by atoms with Crippen molar-refractivity contribution in [1.82, 2.24) is 5.32 Å². The molecular formula is C12H15NO4S. The van der Waals surface area contributed by atoms with Crippen LogP contribution in [0.25, 0.3) is 0 Å². The van der Waals surface area contributed by atoms with Crippen LogP contribution in [0.2, 0.25) is 0 Å². The zero-order chi connectivity index (χ0) is 13.4. The summed E-state index contributed by atoms with van der Waals surface area (Å²) in [6.45, 7) is 0. The molecule has 1 aliphatic heterocycles. The zero-order valence-corrected chi connectivity index (χ0v) is 10.8. The normalized spacial score (nSPS) is 25.4. The van der Waals surface area contributed by atoms with Crippen LogP contribution in [0.1, 0.15) is 18.4 Å². The maximum atomic E-state index is 12.0. The molecule has 0 radical (unpaired) electrons. The fourth-order valence-electron chi connectivity index (χ4n) is 2.48. The van der Waals surface area contributed by atoms with E-state index in [9.17, 15) is 13.2 Å². The molecule has 0 saturated carbocycles. The predicted molar refractivity (Wildman–Crippen MR) is 66.1 cm³/mol. The Kier molecular flexibility index (Phi) is 3.16. The number of carboxylic acids is 1. The Morgan fingerprint density at radius 2 is 2.11 bits per heavy atom. The fourth-order valence-corrected chi connectivity index (χ4v) is 4.20. The average Bonchev–Trinajstić information content (AvgIpc) is 2.33. The van der Waals surface area contributed by atoms with Crippen LogP contribution in [-0.4, -0.2) is 32.3 Å². The van der Waals surface area contributed by atoms with Gasteiger partial charge in [-0.3, -0.25) is 4.79 Å². The summed E-state index contributed by atoms with van der Waals surface area (Å²) in [6, 6.07) is 6.61. The first-order valence-corrected chi connectivity index (χ1v) is 7.29. The molecule has 1 unspecified atom stereocenters. The smallest absolute Gasteiger partial charge is 0.305 e.